The Kier molecular flexibility index (Phi) is 13.9. The van der Waals surface area contributed by atoms with Crippen molar-refractivity contribution in [3.63, 3.8) is 0 Å². The van der Waals surface area contributed by atoms with Gasteiger partial charge in [0, 0.05) is 5.54 Å². The van der Waals surface area contributed by atoms with Crippen molar-refractivity contribution in [2.75, 3.05) is 6.54 Å². The van der Waals surface area contributed by atoms with E-state index in [9.17, 15) is 0 Å². The van der Waals surface area contributed by atoms with Crippen LogP contribution in [-0.2, 0) is 0 Å². The third-order valence-corrected chi connectivity index (χ3v) is 4.66. The summed E-state index contributed by atoms with van der Waals surface area (Å²) in [5.41, 5.74) is 0.383. The SMILES string of the molecule is CCCCCCCCCCCCN[C@](C)(CC)CCC. The standard InChI is InChI=1S/C19H41N/c1-5-8-9-10-11-12-13-14-15-16-18-20-19(4,7-3)17-6-2/h20H,5-18H2,1-4H3/t19-/m1/s1. The number of hydrogen-bond acceptors (Lipinski definition) is 1. The predicted octanol–water partition coefficient (Wildman–Crippen LogP) is 6.47. The molecule has 0 heterocycles. The average Bonchev–Trinajstić information content (AvgIpc) is 2.45. The third kappa shape index (κ3) is 11.8. The molecule has 0 saturated heterocycles. The van der Waals surface area contributed by atoms with E-state index in [0.717, 1.165) is 0 Å². The molecule has 0 bridgehead atoms. The highest BCUT2D eigenvalue weighted by molar-refractivity contribution is 4.80. The minimum atomic E-state index is 0.383. The van der Waals surface area contributed by atoms with Gasteiger partial charge in [0.25, 0.3) is 0 Å². The van der Waals surface area contributed by atoms with E-state index in [1.54, 1.807) is 0 Å². The fourth-order valence-corrected chi connectivity index (χ4v) is 2.94. The molecule has 0 aliphatic heterocycles. The first-order valence-corrected chi connectivity index (χ1v) is 9.43. The van der Waals surface area contributed by atoms with E-state index in [4.69, 9.17) is 0 Å². The molecule has 0 rings (SSSR count). The Labute approximate surface area is 129 Å². The van der Waals surface area contributed by atoms with Crippen molar-refractivity contribution in [2.24, 2.45) is 0 Å². The van der Waals surface area contributed by atoms with E-state index in [-0.39, 0.29) is 0 Å². The van der Waals surface area contributed by atoms with Crippen LogP contribution in [0.2, 0.25) is 0 Å². The summed E-state index contributed by atoms with van der Waals surface area (Å²) in [6.07, 6.45) is 18.1. The number of hydrogen-bond donors (Lipinski definition) is 1. The van der Waals surface area contributed by atoms with Crippen LogP contribution in [-0.4, -0.2) is 12.1 Å². The van der Waals surface area contributed by atoms with Gasteiger partial charge in [-0.05, 0) is 32.7 Å². The molecule has 0 aromatic rings. The van der Waals surface area contributed by atoms with Crippen LogP contribution in [0.15, 0.2) is 0 Å². The van der Waals surface area contributed by atoms with Crippen molar-refractivity contribution >= 4 is 0 Å². The van der Waals surface area contributed by atoms with E-state index >= 15 is 0 Å². The zero-order valence-electron chi connectivity index (χ0n) is 14.9. The Morgan fingerprint density at radius 2 is 1.15 bits per heavy atom. The molecule has 0 spiro atoms. The molecule has 0 unspecified atom stereocenters. The van der Waals surface area contributed by atoms with Crippen LogP contribution in [0.4, 0.5) is 0 Å². The molecule has 0 radical (unpaired) electrons. The molecule has 0 aromatic carbocycles. The Morgan fingerprint density at radius 3 is 1.60 bits per heavy atom. The zero-order valence-corrected chi connectivity index (χ0v) is 14.9. The summed E-state index contributed by atoms with van der Waals surface area (Å²) in [7, 11) is 0. The summed E-state index contributed by atoms with van der Waals surface area (Å²) in [5, 5.41) is 3.77. The lowest BCUT2D eigenvalue weighted by molar-refractivity contribution is 0.313. The highest BCUT2D eigenvalue weighted by Crippen LogP contribution is 2.16. The Bertz CT molecular complexity index is 190. The fraction of sp³-hybridized carbons (Fsp3) is 1.00. The summed E-state index contributed by atoms with van der Waals surface area (Å²) >= 11 is 0. The van der Waals surface area contributed by atoms with Crippen molar-refractivity contribution < 1.29 is 0 Å². The first-order valence-electron chi connectivity index (χ1n) is 9.43. The van der Waals surface area contributed by atoms with Gasteiger partial charge in [0.15, 0.2) is 0 Å². The van der Waals surface area contributed by atoms with Crippen LogP contribution in [0.25, 0.3) is 0 Å². The van der Waals surface area contributed by atoms with Gasteiger partial charge in [-0.25, -0.2) is 0 Å². The molecule has 0 amide bonds. The Morgan fingerprint density at radius 1 is 0.650 bits per heavy atom. The Hall–Kier alpha value is -0.0400. The van der Waals surface area contributed by atoms with E-state index < -0.39 is 0 Å². The summed E-state index contributed by atoms with van der Waals surface area (Å²) in [6.45, 7) is 10.5. The largest absolute Gasteiger partial charge is 0.312 e. The molecule has 1 atom stereocenters. The topological polar surface area (TPSA) is 12.0 Å². The second-order valence-electron chi connectivity index (χ2n) is 6.77. The summed E-state index contributed by atoms with van der Waals surface area (Å²) < 4.78 is 0. The molecule has 0 fully saturated rings. The van der Waals surface area contributed by atoms with Gasteiger partial charge in [0.1, 0.15) is 0 Å². The maximum absolute atomic E-state index is 3.77. The van der Waals surface area contributed by atoms with Gasteiger partial charge in [-0.1, -0.05) is 85.0 Å². The highest BCUT2D eigenvalue weighted by atomic mass is 15.0. The minimum Gasteiger partial charge on any atom is -0.312 e. The van der Waals surface area contributed by atoms with E-state index in [1.165, 1.54) is 90.0 Å². The average molecular weight is 284 g/mol. The van der Waals surface area contributed by atoms with E-state index in [0.29, 0.717) is 5.54 Å². The monoisotopic (exact) mass is 283 g/mol. The van der Waals surface area contributed by atoms with Crippen LogP contribution in [0.3, 0.4) is 0 Å². The maximum atomic E-state index is 3.77. The molecule has 0 aliphatic rings. The first kappa shape index (κ1) is 20.0. The second-order valence-corrected chi connectivity index (χ2v) is 6.77. The van der Waals surface area contributed by atoms with Crippen molar-refractivity contribution in [2.45, 2.75) is 117 Å². The smallest absolute Gasteiger partial charge is 0.0150 e. The third-order valence-electron chi connectivity index (χ3n) is 4.66. The number of rotatable bonds is 15. The molecular weight excluding hydrogens is 242 g/mol. The Balaban J connectivity index is 3.27. The zero-order chi connectivity index (χ0) is 15.1. The quantitative estimate of drug-likeness (QED) is 0.340. The van der Waals surface area contributed by atoms with Crippen molar-refractivity contribution in [3.8, 4) is 0 Å². The summed E-state index contributed by atoms with van der Waals surface area (Å²) in [4.78, 5) is 0. The van der Waals surface area contributed by atoms with Gasteiger partial charge in [0.2, 0.25) is 0 Å². The van der Waals surface area contributed by atoms with Gasteiger partial charge < -0.3 is 5.32 Å². The number of nitrogens with one attached hydrogen (secondary N) is 1. The molecule has 122 valence electrons. The molecule has 0 saturated carbocycles. The highest BCUT2D eigenvalue weighted by Gasteiger charge is 2.18. The van der Waals surface area contributed by atoms with Gasteiger partial charge in [-0.15, -0.1) is 0 Å². The van der Waals surface area contributed by atoms with Crippen LogP contribution < -0.4 is 5.32 Å². The lowest BCUT2D eigenvalue weighted by Gasteiger charge is -2.29. The molecule has 0 aromatic heterocycles. The molecule has 1 nitrogen and oxygen atoms in total. The van der Waals surface area contributed by atoms with Crippen molar-refractivity contribution in [1.29, 1.82) is 0 Å². The van der Waals surface area contributed by atoms with Crippen LogP contribution in [0.1, 0.15) is 111 Å². The molecule has 1 heteroatoms. The van der Waals surface area contributed by atoms with Crippen LogP contribution in [0.5, 0.6) is 0 Å². The molecule has 1 N–H and O–H groups in total. The number of unbranched alkanes of at least 4 members (excludes halogenated alkanes) is 9. The summed E-state index contributed by atoms with van der Waals surface area (Å²) in [5.74, 6) is 0. The normalized spacial score (nSPS) is 14.4. The first-order chi connectivity index (χ1) is 9.68. The van der Waals surface area contributed by atoms with Crippen molar-refractivity contribution in [3.05, 3.63) is 0 Å². The van der Waals surface area contributed by atoms with Crippen LogP contribution >= 0.6 is 0 Å². The molecule has 0 aliphatic carbocycles. The van der Waals surface area contributed by atoms with E-state index in [1.807, 2.05) is 0 Å². The lowest BCUT2D eigenvalue weighted by atomic mass is 9.93. The van der Waals surface area contributed by atoms with Gasteiger partial charge >= 0.3 is 0 Å². The van der Waals surface area contributed by atoms with Gasteiger partial charge in [-0.3, -0.25) is 0 Å². The maximum Gasteiger partial charge on any atom is 0.0150 e. The summed E-state index contributed by atoms with van der Waals surface area (Å²) in [6, 6.07) is 0. The van der Waals surface area contributed by atoms with Gasteiger partial charge in [-0.2, -0.15) is 0 Å². The second kappa shape index (κ2) is 13.9. The van der Waals surface area contributed by atoms with Gasteiger partial charge in [0.05, 0.1) is 0 Å². The van der Waals surface area contributed by atoms with E-state index in [2.05, 4.69) is 33.0 Å². The molecule has 20 heavy (non-hydrogen) atoms. The minimum absolute atomic E-state index is 0.383. The fourth-order valence-electron chi connectivity index (χ4n) is 2.94. The lowest BCUT2D eigenvalue weighted by Crippen LogP contribution is -2.42. The van der Waals surface area contributed by atoms with Crippen LogP contribution in [0, 0.1) is 0 Å². The predicted molar refractivity (Wildman–Crippen MR) is 93.5 cm³/mol. The van der Waals surface area contributed by atoms with Crippen molar-refractivity contribution in [1.82, 2.24) is 5.32 Å². The molecular formula is C19H41N.